The summed E-state index contributed by atoms with van der Waals surface area (Å²) in [5.74, 6) is -0.459. The summed E-state index contributed by atoms with van der Waals surface area (Å²) >= 11 is 0. The van der Waals surface area contributed by atoms with E-state index < -0.39 is 5.91 Å². The number of benzene rings is 1. The number of nitrogens with zero attached hydrogens (tertiary/aromatic N) is 2. The highest BCUT2D eigenvalue weighted by molar-refractivity contribution is 5.99. The number of hydrogen-bond donors (Lipinski definition) is 2. The molecule has 0 aromatic heterocycles. The van der Waals surface area contributed by atoms with Crippen molar-refractivity contribution in [3.8, 4) is 0 Å². The smallest absolute Gasteiger partial charge is 0.250 e. The van der Waals surface area contributed by atoms with Gasteiger partial charge in [0.05, 0.1) is 5.56 Å². The van der Waals surface area contributed by atoms with Gasteiger partial charge >= 0.3 is 0 Å². The second-order valence-electron chi connectivity index (χ2n) is 5.41. The van der Waals surface area contributed by atoms with Gasteiger partial charge in [0.1, 0.15) is 0 Å². The predicted octanol–water partition coefficient (Wildman–Crippen LogP) is 0.652. The van der Waals surface area contributed by atoms with Crippen LogP contribution in [0.1, 0.15) is 23.2 Å². The largest absolute Gasteiger partial charge is 0.398 e. The molecule has 2 fully saturated rings. The van der Waals surface area contributed by atoms with Crippen LogP contribution < -0.4 is 16.4 Å². The monoisotopic (exact) mass is 260 g/mol. The first kappa shape index (κ1) is 12.3. The van der Waals surface area contributed by atoms with E-state index in [-0.39, 0.29) is 0 Å². The van der Waals surface area contributed by atoms with E-state index in [0.717, 1.165) is 25.3 Å². The molecule has 0 unspecified atom stereocenters. The topological polar surface area (TPSA) is 75.6 Å². The minimum Gasteiger partial charge on any atom is -0.398 e. The minimum atomic E-state index is -0.459. The highest BCUT2D eigenvalue weighted by atomic mass is 16.1. The van der Waals surface area contributed by atoms with Crippen LogP contribution in [0.5, 0.6) is 0 Å². The average molecular weight is 260 g/mol. The Morgan fingerprint density at radius 1 is 1.26 bits per heavy atom. The van der Waals surface area contributed by atoms with Crippen LogP contribution in [0, 0.1) is 0 Å². The first-order valence-electron chi connectivity index (χ1n) is 6.83. The molecule has 1 amide bonds. The van der Waals surface area contributed by atoms with Crippen molar-refractivity contribution in [1.29, 1.82) is 0 Å². The molecule has 0 bridgehead atoms. The van der Waals surface area contributed by atoms with Crippen LogP contribution in [-0.4, -0.2) is 43.0 Å². The van der Waals surface area contributed by atoms with E-state index in [4.69, 9.17) is 11.5 Å². The van der Waals surface area contributed by atoms with Gasteiger partial charge in [0.2, 0.25) is 0 Å². The van der Waals surface area contributed by atoms with E-state index in [2.05, 4.69) is 9.80 Å². The lowest BCUT2D eigenvalue weighted by atomic mass is 10.1. The van der Waals surface area contributed by atoms with Crippen molar-refractivity contribution in [2.45, 2.75) is 18.9 Å². The van der Waals surface area contributed by atoms with Crippen molar-refractivity contribution in [2.75, 3.05) is 36.8 Å². The summed E-state index contributed by atoms with van der Waals surface area (Å²) in [5, 5.41) is 0. The number of carbonyl (C=O) groups excluding carboxylic acids is 1. The quantitative estimate of drug-likeness (QED) is 0.766. The van der Waals surface area contributed by atoms with Crippen LogP contribution in [0.4, 0.5) is 11.4 Å². The first-order valence-corrected chi connectivity index (χ1v) is 6.83. The number of rotatable bonds is 2. The number of primary amides is 1. The van der Waals surface area contributed by atoms with E-state index in [0.29, 0.717) is 17.3 Å². The molecule has 102 valence electrons. The van der Waals surface area contributed by atoms with E-state index in [1.54, 1.807) is 6.07 Å². The molecule has 5 nitrogen and oxygen atoms in total. The average Bonchev–Trinajstić information content (AvgIpc) is 2.86. The predicted molar refractivity (Wildman–Crippen MR) is 76.2 cm³/mol. The Balaban J connectivity index is 1.82. The number of nitrogen functional groups attached to an aromatic ring is 1. The molecule has 2 aliphatic rings. The Bertz CT molecular complexity index is 502. The van der Waals surface area contributed by atoms with Crippen LogP contribution in [-0.2, 0) is 0 Å². The molecule has 2 heterocycles. The van der Waals surface area contributed by atoms with Gasteiger partial charge in [0.15, 0.2) is 0 Å². The molecule has 1 atom stereocenters. The van der Waals surface area contributed by atoms with Crippen molar-refractivity contribution in [1.82, 2.24) is 4.90 Å². The maximum Gasteiger partial charge on any atom is 0.250 e. The Morgan fingerprint density at radius 2 is 2.11 bits per heavy atom. The summed E-state index contributed by atoms with van der Waals surface area (Å²) in [6.07, 6.45) is 2.57. The van der Waals surface area contributed by atoms with Gasteiger partial charge < -0.3 is 16.4 Å². The number of carbonyl (C=O) groups is 1. The molecule has 0 spiro atoms. The highest BCUT2D eigenvalue weighted by Crippen LogP contribution is 2.27. The summed E-state index contributed by atoms with van der Waals surface area (Å²) < 4.78 is 0. The van der Waals surface area contributed by atoms with Crippen molar-refractivity contribution in [2.24, 2.45) is 5.73 Å². The van der Waals surface area contributed by atoms with Crippen LogP contribution in [0.3, 0.4) is 0 Å². The van der Waals surface area contributed by atoms with Gasteiger partial charge in [0.25, 0.3) is 5.91 Å². The number of piperazine rings is 1. The zero-order valence-corrected chi connectivity index (χ0v) is 11.0. The summed E-state index contributed by atoms with van der Waals surface area (Å²) in [4.78, 5) is 16.2. The maximum absolute atomic E-state index is 11.4. The van der Waals surface area contributed by atoms with Crippen LogP contribution in [0.25, 0.3) is 0 Å². The molecule has 0 aliphatic carbocycles. The lowest BCUT2D eigenvalue weighted by molar-refractivity contribution is 0.100. The Labute approximate surface area is 113 Å². The number of anilines is 2. The van der Waals surface area contributed by atoms with E-state index in [1.807, 2.05) is 12.1 Å². The van der Waals surface area contributed by atoms with Gasteiger partial charge in [-0.05, 0) is 37.6 Å². The van der Waals surface area contributed by atoms with Crippen molar-refractivity contribution >= 4 is 17.3 Å². The second-order valence-corrected chi connectivity index (χ2v) is 5.41. The summed E-state index contributed by atoms with van der Waals surface area (Å²) in [7, 11) is 0. The molecule has 3 rings (SSSR count). The van der Waals surface area contributed by atoms with Crippen LogP contribution >= 0.6 is 0 Å². The molecule has 4 N–H and O–H groups in total. The third kappa shape index (κ3) is 2.26. The standard InChI is InChI=1S/C14H20N4O/c15-13-4-3-10(8-12(13)14(16)19)18-7-6-17-5-1-2-11(17)9-18/h3-4,8,11H,1-2,5-7,9,15H2,(H2,16,19)/t11-/m1/s1. The fraction of sp³-hybridized carbons (Fsp3) is 0.500. The van der Waals surface area contributed by atoms with Gasteiger partial charge in [-0.2, -0.15) is 0 Å². The molecule has 1 aromatic carbocycles. The van der Waals surface area contributed by atoms with E-state index in [9.17, 15) is 4.79 Å². The lowest BCUT2D eigenvalue weighted by Crippen LogP contribution is -2.50. The van der Waals surface area contributed by atoms with Crippen molar-refractivity contribution in [3.05, 3.63) is 23.8 Å². The van der Waals surface area contributed by atoms with Gasteiger partial charge in [-0.1, -0.05) is 0 Å². The number of hydrogen-bond acceptors (Lipinski definition) is 4. The SMILES string of the molecule is NC(=O)c1cc(N2CCN3CCC[C@@H]3C2)ccc1N. The summed E-state index contributed by atoms with van der Waals surface area (Å²) in [6.45, 7) is 4.36. The molecule has 2 saturated heterocycles. The third-order valence-corrected chi connectivity index (χ3v) is 4.25. The Kier molecular flexibility index (Phi) is 3.06. The molecule has 0 radical (unpaired) electrons. The van der Waals surface area contributed by atoms with Gasteiger partial charge in [0, 0.05) is 37.1 Å². The van der Waals surface area contributed by atoms with Crippen molar-refractivity contribution in [3.63, 3.8) is 0 Å². The lowest BCUT2D eigenvalue weighted by Gasteiger charge is -2.39. The molecular formula is C14H20N4O. The highest BCUT2D eigenvalue weighted by Gasteiger charge is 2.30. The van der Waals surface area contributed by atoms with Gasteiger partial charge in [-0.25, -0.2) is 0 Å². The minimum absolute atomic E-state index is 0.423. The third-order valence-electron chi connectivity index (χ3n) is 4.25. The number of nitrogens with two attached hydrogens (primary N) is 2. The Morgan fingerprint density at radius 3 is 2.89 bits per heavy atom. The normalized spacial score (nSPS) is 23.4. The zero-order valence-electron chi connectivity index (χ0n) is 11.0. The molecule has 1 aromatic rings. The molecule has 19 heavy (non-hydrogen) atoms. The molecule has 0 saturated carbocycles. The number of fused-ring (bicyclic) bond motifs is 1. The van der Waals surface area contributed by atoms with Gasteiger partial charge in [-0.3, -0.25) is 9.69 Å². The number of amides is 1. The molecule has 2 aliphatic heterocycles. The second kappa shape index (κ2) is 4.74. The molecular weight excluding hydrogens is 240 g/mol. The fourth-order valence-corrected chi connectivity index (χ4v) is 3.18. The molecule has 5 heteroatoms. The van der Waals surface area contributed by atoms with Crippen molar-refractivity contribution < 1.29 is 4.79 Å². The first-order chi connectivity index (χ1) is 9.15. The van der Waals surface area contributed by atoms with E-state index in [1.165, 1.54) is 19.4 Å². The summed E-state index contributed by atoms with van der Waals surface area (Å²) in [6, 6.07) is 6.23. The maximum atomic E-state index is 11.4. The van der Waals surface area contributed by atoms with Gasteiger partial charge in [-0.15, -0.1) is 0 Å². The zero-order chi connectivity index (χ0) is 13.4. The fourth-order valence-electron chi connectivity index (χ4n) is 3.18. The Hall–Kier alpha value is -1.75. The summed E-state index contributed by atoms with van der Waals surface area (Å²) in [5.41, 5.74) is 13.1. The van der Waals surface area contributed by atoms with Crippen LogP contribution in [0.2, 0.25) is 0 Å². The van der Waals surface area contributed by atoms with E-state index >= 15 is 0 Å². The van der Waals surface area contributed by atoms with Crippen LogP contribution in [0.15, 0.2) is 18.2 Å².